The van der Waals surface area contributed by atoms with Gasteiger partial charge in [0, 0.05) is 95.8 Å². The van der Waals surface area contributed by atoms with Gasteiger partial charge in [-0.25, -0.2) is 15.0 Å². The molecule has 5 aromatic rings. The van der Waals surface area contributed by atoms with Gasteiger partial charge in [0.2, 0.25) is 5.95 Å². The Bertz CT molecular complexity index is 1760. The molecule has 1 aliphatic rings. The minimum absolute atomic E-state index is 0.165. The number of piperazine rings is 1. The maximum Gasteiger partial charge on any atom is 0.260 e. The van der Waals surface area contributed by atoms with Gasteiger partial charge in [-0.15, -0.1) is 0 Å². The zero-order valence-corrected chi connectivity index (χ0v) is 24.7. The normalized spacial score (nSPS) is 14.1. The summed E-state index contributed by atoms with van der Waals surface area (Å²) in [6, 6.07) is 18.0. The molecular weight excluding hydrogens is 548 g/mol. The minimum Gasteiger partial charge on any atom is -0.369 e. The summed E-state index contributed by atoms with van der Waals surface area (Å²) in [6.07, 6.45) is 5.10. The average molecular weight is 581 g/mol. The first-order valence-corrected chi connectivity index (χ1v) is 14.6. The van der Waals surface area contributed by atoms with E-state index >= 15 is 0 Å². The van der Waals surface area contributed by atoms with Crippen molar-refractivity contribution in [3.05, 3.63) is 88.6 Å². The van der Waals surface area contributed by atoms with Crippen LogP contribution >= 0.6 is 11.6 Å². The van der Waals surface area contributed by atoms with Crippen LogP contribution in [0.3, 0.4) is 0 Å². The maximum atomic E-state index is 13.6. The van der Waals surface area contributed by atoms with Crippen LogP contribution in [0.5, 0.6) is 0 Å². The van der Waals surface area contributed by atoms with Crippen LogP contribution in [0.15, 0.2) is 78.0 Å². The van der Waals surface area contributed by atoms with Crippen LogP contribution in [0.4, 0.5) is 17.3 Å². The van der Waals surface area contributed by atoms with E-state index in [1.54, 1.807) is 41.4 Å². The molecule has 3 aromatic heterocycles. The van der Waals surface area contributed by atoms with Gasteiger partial charge < -0.3 is 10.2 Å². The summed E-state index contributed by atoms with van der Waals surface area (Å²) in [5.41, 5.74) is 4.40. The summed E-state index contributed by atoms with van der Waals surface area (Å²) in [5, 5.41) is 4.50. The van der Waals surface area contributed by atoms with Crippen molar-refractivity contribution in [1.29, 1.82) is 0 Å². The number of benzene rings is 2. The summed E-state index contributed by atoms with van der Waals surface area (Å²) < 4.78 is 1.65. The number of aromatic nitrogens is 5. The molecule has 0 radical (unpaired) electrons. The van der Waals surface area contributed by atoms with E-state index in [9.17, 15) is 4.79 Å². The van der Waals surface area contributed by atoms with Gasteiger partial charge in [-0.05, 0) is 63.2 Å². The lowest BCUT2D eigenvalue weighted by Gasteiger charge is -2.38. The van der Waals surface area contributed by atoms with E-state index in [1.807, 2.05) is 31.2 Å². The molecule has 9 nitrogen and oxygen atoms in total. The molecule has 0 saturated carbocycles. The Morgan fingerprint density at radius 2 is 1.67 bits per heavy atom. The van der Waals surface area contributed by atoms with Crippen molar-refractivity contribution in [3.8, 4) is 22.5 Å². The van der Waals surface area contributed by atoms with E-state index in [0.29, 0.717) is 46.2 Å². The lowest BCUT2D eigenvalue weighted by atomic mass is 10.0. The topological polar surface area (TPSA) is 92.1 Å². The van der Waals surface area contributed by atoms with Gasteiger partial charge in [-0.2, -0.15) is 4.98 Å². The third-order valence-corrected chi connectivity index (χ3v) is 8.07. The first-order valence-electron chi connectivity index (χ1n) is 14.2. The zero-order valence-electron chi connectivity index (χ0n) is 24.0. The van der Waals surface area contributed by atoms with Crippen molar-refractivity contribution < 1.29 is 0 Å². The van der Waals surface area contributed by atoms with Crippen molar-refractivity contribution in [2.75, 3.05) is 36.4 Å². The second-order valence-electron chi connectivity index (χ2n) is 10.6. The van der Waals surface area contributed by atoms with E-state index in [4.69, 9.17) is 16.6 Å². The third-order valence-electron chi connectivity index (χ3n) is 7.76. The summed E-state index contributed by atoms with van der Waals surface area (Å²) >= 11 is 6.68. The summed E-state index contributed by atoms with van der Waals surface area (Å²) in [6.45, 7) is 11.1. The molecule has 2 aromatic carbocycles. The monoisotopic (exact) mass is 580 g/mol. The second-order valence-corrected chi connectivity index (χ2v) is 11.0. The fraction of sp³-hybridized carbons (Fsp3) is 0.281. The smallest absolute Gasteiger partial charge is 0.260 e. The van der Waals surface area contributed by atoms with Gasteiger partial charge in [0.05, 0.1) is 0 Å². The summed E-state index contributed by atoms with van der Waals surface area (Å²) in [7, 11) is 0. The molecule has 214 valence electrons. The molecule has 1 fully saturated rings. The Labute approximate surface area is 249 Å². The van der Waals surface area contributed by atoms with Gasteiger partial charge in [-0.1, -0.05) is 23.7 Å². The Morgan fingerprint density at radius 3 is 2.33 bits per heavy atom. The van der Waals surface area contributed by atoms with Crippen LogP contribution in [-0.2, 0) is 6.54 Å². The maximum absolute atomic E-state index is 13.6. The first-order chi connectivity index (χ1) is 20.4. The molecule has 1 saturated heterocycles. The van der Waals surface area contributed by atoms with Crippen LogP contribution in [-0.4, -0.2) is 61.6 Å². The van der Waals surface area contributed by atoms with Gasteiger partial charge in [0.25, 0.3) is 5.56 Å². The largest absolute Gasteiger partial charge is 0.369 e. The summed E-state index contributed by atoms with van der Waals surface area (Å²) in [4.78, 5) is 36.4. The molecule has 0 amide bonds. The molecule has 1 aliphatic heterocycles. The molecule has 0 spiro atoms. The van der Waals surface area contributed by atoms with Crippen molar-refractivity contribution in [1.82, 2.24) is 29.4 Å². The average Bonchev–Trinajstić information content (AvgIpc) is 3.02. The zero-order chi connectivity index (χ0) is 29.2. The number of fused-ring (bicyclic) bond motifs is 1. The molecule has 10 heteroatoms. The molecule has 0 bridgehead atoms. The fourth-order valence-electron chi connectivity index (χ4n) is 5.41. The Hall–Kier alpha value is -4.34. The minimum atomic E-state index is -0.165. The number of nitrogens with one attached hydrogen (secondary N) is 1. The van der Waals surface area contributed by atoms with Crippen LogP contribution in [0.25, 0.3) is 33.5 Å². The highest BCUT2D eigenvalue weighted by atomic mass is 35.5. The van der Waals surface area contributed by atoms with Crippen LogP contribution in [0, 0.1) is 0 Å². The predicted molar refractivity (Wildman–Crippen MR) is 170 cm³/mol. The van der Waals surface area contributed by atoms with E-state index in [1.165, 1.54) is 5.69 Å². The lowest BCUT2D eigenvalue weighted by molar-refractivity contribution is 0.209. The molecule has 0 aliphatic carbocycles. The number of rotatable bonds is 7. The Balaban J connectivity index is 1.24. The number of pyridine rings is 1. The SMILES string of the molecule is CCn1c(=O)c(-c2ccc(-c3ncccn3)cc2Cl)cc2cnc(Nc3ccc(N4CCN(C(C)C)CC4)cc3)nc21. The molecule has 4 heterocycles. The number of aryl methyl sites for hydroxylation is 1. The molecule has 0 atom stereocenters. The highest BCUT2D eigenvalue weighted by molar-refractivity contribution is 6.33. The van der Waals surface area contributed by atoms with Crippen molar-refractivity contribution in [2.24, 2.45) is 0 Å². The van der Waals surface area contributed by atoms with Crippen molar-refractivity contribution in [3.63, 3.8) is 0 Å². The number of hydrogen-bond acceptors (Lipinski definition) is 8. The molecule has 6 rings (SSSR count). The highest BCUT2D eigenvalue weighted by Gasteiger charge is 2.19. The van der Waals surface area contributed by atoms with Gasteiger partial charge in [-0.3, -0.25) is 14.3 Å². The van der Waals surface area contributed by atoms with E-state index in [0.717, 1.165) is 42.8 Å². The van der Waals surface area contributed by atoms with Crippen molar-refractivity contribution >= 4 is 40.0 Å². The molecule has 42 heavy (non-hydrogen) atoms. The first kappa shape index (κ1) is 27.8. The quantitative estimate of drug-likeness (QED) is 0.256. The number of hydrogen-bond donors (Lipinski definition) is 1. The lowest BCUT2D eigenvalue weighted by Crippen LogP contribution is -2.48. The van der Waals surface area contributed by atoms with E-state index in [2.05, 4.69) is 56.0 Å². The van der Waals surface area contributed by atoms with Crippen molar-refractivity contribution in [2.45, 2.75) is 33.4 Å². The molecular formula is C32H33ClN8O. The van der Waals surface area contributed by atoms with Gasteiger partial charge in [0.15, 0.2) is 5.82 Å². The number of anilines is 3. The third kappa shape index (κ3) is 5.57. The number of halogens is 1. The van der Waals surface area contributed by atoms with Crippen LogP contribution < -0.4 is 15.8 Å². The van der Waals surface area contributed by atoms with Gasteiger partial charge >= 0.3 is 0 Å². The Morgan fingerprint density at radius 1 is 0.929 bits per heavy atom. The Kier molecular flexibility index (Phi) is 7.86. The molecule has 1 N–H and O–H groups in total. The fourth-order valence-corrected chi connectivity index (χ4v) is 5.69. The standard InChI is InChI=1S/C32H33ClN8O/c1-4-41-30-23(18-27(31(41)42)26-11-6-22(19-28(26)33)29-34-12-5-13-35-29)20-36-32(38-30)37-24-7-9-25(10-8-24)40-16-14-39(15-17-40)21(2)3/h5-13,18-21H,4,14-17H2,1-3H3,(H,36,37,38). The highest BCUT2D eigenvalue weighted by Crippen LogP contribution is 2.31. The molecule has 0 unspecified atom stereocenters. The van der Waals surface area contributed by atoms with Crippen LogP contribution in [0.2, 0.25) is 5.02 Å². The number of nitrogens with zero attached hydrogens (tertiary/aromatic N) is 7. The van der Waals surface area contributed by atoms with Gasteiger partial charge in [0.1, 0.15) is 5.65 Å². The van der Waals surface area contributed by atoms with Crippen LogP contribution in [0.1, 0.15) is 20.8 Å². The summed E-state index contributed by atoms with van der Waals surface area (Å²) in [5.74, 6) is 1.00. The second kappa shape index (κ2) is 11.9. The van der Waals surface area contributed by atoms with E-state index < -0.39 is 0 Å². The predicted octanol–water partition coefficient (Wildman–Crippen LogP) is 5.86. The van der Waals surface area contributed by atoms with E-state index in [-0.39, 0.29) is 5.56 Å².